The fraction of sp³-hybridized carbons (Fsp3) is 0.250. The van der Waals surface area contributed by atoms with Crippen molar-refractivity contribution in [1.29, 1.82) is 0 Å². The van der Waals surface area contributed by atoms with Crippen LogP contribution in [0.15, 0.2) is 40.4 Å². The minimum absolute atomic E-state index is 0.243. The second-order valence-corrected chi connectivity index (χ2v) is 2.37. The van der Waals surface area contributed by atoms with E-state index in [2.05, 4.69) is 5.18 Å². The fourth-order valence-electron chi connectivity index (χ4n) is 0.864. The van der Waals surface area contributed by atoms with Gasteiger partial charge < -0.3 is 5.11 Å². The Balaban J connectivity index is 2.84. The van der Waals surface area contributed by atoms with Crippen molar-refractivity contribution in [3.8, 4) is 0 Å². The number of rotatable bonds is 1. The van der Waals surface area contributed by atoms with Crippen molar-refractivity contribution in [2.75, 3.05) is 0 Å². The number of aliphatic hydroxyl groups excluding tert-OH is 1. The van der Waals surface area contributed by atoms with Gasteiger partial charge in [0.15, 0.2) is 0 Å². The first-order chi connectivity index (χ1) is 5.24. The molecule has 0 fully saturated rings. The van der Waals surface area contributed by atoms with E-state index in [0.717, 1.165) is 5.57 Å². The van der Waals surface area contributed by atoms with Crippen LogP contribution in [0.2, 0.25) is 0 Å². The van der Waals surface area contributed by atoms with Crippen LogP contribution in [-0.2, 0) is 0 Å². The summed E-state index contributed by atoms with van der Waals surface area (Å²) in [6.07, 6.45) is 5.48. The van der Waals surface area contributed by atoms with Gasteiger partial charge in [-0.1, -0.05) is 6.08 Å². The summed E-state index contributed by atoms with van der Waals surface area (Å²) in [6.45, 7) is 1.66. The molecule has 0 amide bonds. The third-order valence-electron chi connectivity index (χ3n) is 1.59. The van der Waals surface area contributed by atoms with Gasteiger partial charge in [-0.2, -0.15) is 0 Å². The van der Waals surface area contributed by atoms with Crippen LogP contribution in [-0.4, -0.2) is 5.11 Å². The molecule has 1 rings (SSSR count). The maximum atomic E-state index is 10.1. The highest BCUT2D eigenvalue weighted by molar-refractivity contribution is 5.34. The monoisotopic (exact) mass is 151 g/mol. The Morgan fingerprint density at radius 2 is 2.36 bits per heavy atom. The average molecular weight is 151 g/mol. The zero-order valence-electron chi connectivity index (χ0n) is 6.24. The molecule has 1 aliphatic carbocycles. The van der Waals surface area contributed by atoms with Crippen molar-refractivity contribution in [2.45, 2.75) is 13.3 Å². The SMILES string of the molecule is C/C(N=O)=C1\C=CC(O)=CC1. The molecule has 0 aliphatic heterocycles. The van der Waals surface area contributed by atoms with Crippen LogP contribution in [0.4, 0.5) is 0 Å². The van der Waals surface area contributed by atoms with E-state index in [4.69, 9.17) is 5.11 Å². The van der Waals surface area contributed by atoms with Crippen LogP contribution >= 0.6 is 0 Å². The lowest BCUT2D eigenvalue weighted by molar-refractivity contribution is 0.429. The van der Waals surface area contributed by atoms with E-state index in [1.165, 1.54) is 0 Å². The molecule has 0 aromatic rings. The van der Waals surface area contributed by atoms with Gasteiger partial charge in [-0.25, -0.2) is 0 Å². The Kier molecular flexibility index (Phi) is 2.21. The smallest absolute Gasteiger partial charge is 0.111 e. The normalized spacial score (nSPS) is 21.0. The number of aliphatic hydroxyl groups is 1. The van der Waals surface area contributed by atoms with Crippen molar-refractivity contribution in [3.05, 3.63) is 40.2 Å². The zero-order chi connectivity index (χ0) is 8.27. The summed E-state index contributed by atoms with van der Waals surface area (Å²) >= 11 is 0. The minimum atomic E-state index is 0.243. The molecule has 11 heavy (non-hydrogen) atoms. The quantitative estimate of drug-likeness (QED) is 0.585. The van der Waals surface area contributed by atoms with E-state index < -0.39 is 0 Å². The summed E-state index contributed by atoms with van der Waals surface area (Å²) in [5.74, 6) is 0.243. The van der Waals surface area contributed by atoms with Crippen LogP contribution in [0.1, 0.15) is 13.3 Å². The molecule has 0 spiro atoms. The molecule has 0 unspecified atom stereocenters. The molecule has 0 aromatic carbocycles. The van der Waals surface area contributed by atoms with Gasteiger partial charge in [-0.05, 0) is 36.2 Å². The standard InChI is InChI=1S/C8H9NO2/c1-6(9-11)7-2-4-8(10)5-3-7/h2,4-5,10H,3H2,1H3/b7-6-. The summed E-state index contributed by atoms with van der Waals surface area (Å²) in [6, 6.07) is 0. The maximum Gasteiger partial charge on any atom is 0.111 e. The molecule has 1 N–H and O–H groups in total. The summed E-state index contributed by atoms with van der Waals surface area (Å²) in [5, 5.41) is 11.7. The average Bonchev–Trinajstić information content (AvgIpc) is 2.05. The predicted molar refractivity (Wildman–Crippen MR) is 43.0 cm³/mol. The van der Waals surface area contributed by atoms with Gasteiger partial charge >= 0.3 is 0 Å². The lowest BCUT2D eigenvalue weighted by Crippen LogP contribution is -1.88. The molecule has 0 atom stereocenters. The lowest BCUT2D eigenvalue weighted by atomic mass is 10.1. The molecule has 0 saturated carbocycles. The largest absolute Gasteiger partial charge is 0.508 e. The summed E-state index contributed by atoms with van der Waals surface area (Å²) in [4.78, 5) is 10.1. The molecule has 1 aliphatic rings. The first-order valence-electron chi connectivity index (χ1n) is 3.34. The van der Waals surface area contributed by atoms with Crippen molar-refractivity contribution in [3.63, 3.8) is 0 Å². The first-order valence-corrected chi connectivity index (χ1v) is 3.34. The molecule has 3 heteroatoms. The molecular weight excluding hydrogens is 142 g/mol. The molecule has 3 nitrogen and oxygen atoms in total. The molecule has 0 radical (unpaired) electrons. The maximum absolute atomic E-state index is 10.1. The van der Waals surface area contributed by atoms with Crippen LogP contribution in [0, 0.1) is 4.91 Å². The van der Waals surface area contributed by atoms with Crippen LogP contribution < -0.4 is 0 Å². The second-order valence-electron chi connectivity index (χ2n) is 2.37. The van der Waals surface area contributed by atoms with E-state index in [9.17, 15) is 4.91 Å². The lowest BCUT2D eigenvalue weighted by Gasteiger charge is -2.04. The van der Waals surface area contributed by atoms with Gasteiger partial charge in [-0.15, -0.1) is 4.91 Å². The van der Waals surface area contributed by atoms with Gasteiger partial charge in [0.1, 0.15) is 5.76 Å². The van der Waals surface area contributed by atoms with Gasteiger partial charge in [0, 0.05) is 0 Å². The Hall–Kier alpha value is -1.38. The van der Waals surface area contributed by atoms with E-state index in [1.54, 1.807) is 25.2 Å². The Labute approximate surface area is 64.7 Å². The summed E-state index contributed by atoms with van der Waals surface area (Å²) in [7, 11) is 0. The highest BCUT2D eigenvalue weighted by Crippen LogP contribution is 2.17. The highest BCUT2D eigenvalue weighted by Gasteiger charge is 2.02. The van der Waals surface area contributed by atoms with E-state index in [-0.39, 0.29) is 5.76 Å². The van der Waals surface area contributed by atoms with Crippen molar-refractivity contribution >= 4 is 0 Å². The summed E-state index contributed by atoms with van der Waals surface area (Å²) < 4.78 is 0. The van der Waals surface area contributed by atoms with Crippen LogP contribution in [0.3, 0.4) is 0 Å². The van der Waals surface area contributed by atoms with Crippen molar-refractivity contribution in [2.24, 2.45) is 5.18 Å². The molecule has 0 saturated heterocycles. The van der Waals surface area contributed by atoms with Gasteiger partial charge in [0.25, 0.3) is 0 Å². The number of allylic oxidation sites excluding steroid dienone is 5. The summed E-state index contributed by atoms with van der Waals surface area (Å²) in [5.41, 5.74) is 1.34. The number of hydrogen-bond acceptors (Lipinski definition) is 3. The van der Waals surface area contributed by atoms with Crippen molar-refractivity contribution < 1.29 is 5.11 Å². The van der Waals surface area contributed by atoms with E-state index >= 15 is 0 Å². The molecule has 0 bridgehead atoms. The third kappa shape index (κ3) is 1.77. The fourth-order valence-corrected chi connectivity index (χ4v) is 0.864. The minimum Gasteiger partial charge on any atom is -0.508 e. The third-order valence-corrected chi connectivity index (χ3v) is 1.59. The zero-order valence-corrected chi connectivity index (χ0v) is 6.24. The van der Waals surface area contributed by atoms with E-state index in [0.29, 0.717) is 12.1 Å². The van der Waals surface area contributed by atoms with Gasteiger partial charge in [-0.3, -0.25) is 0 Å². The molecular formula is C8H9NO2. The Morgan fingerprint density at radius 3 is 2.82 bits per heavy atom. The molecule has 0 heterocycles. The number of hydrogen-bond donors (Lipinski definition) is 1. The predicted octanol–water partition coefficient (Wildman–Crippen LogP) is 2.43. The molecule has 0 aromatic heterocycles. The van der Waals surface area contributed by atoms with Crippen LogP contribution in [0.25, 0.3) is 0 Å². The van der Waals surface area contributed by atoms with Gasteiger partial charge in [0.05, 0.1) is 5.70 Å². The molecule has 58 valence electrons. The van der Waals surface area contributed by atoms with Crippen molar-refractivity contribution in [1.82, 2.24) is 0 Å². The van der Waals surface area contributed by atoms with Crippen LogP contribution in [0.5, 0.6) is 0 Å². The first kappa shape index (κ1) is 7.72. The number of nitroso groups, excluding NO2 is 1. The second kappa shape index (κ2) is 3.14. The van der Waals surface area contributed by atoms with E-state index in [1.807, 2.05) is 0 Å². The highest BCUT2D eigenvalue weighted by atomic mass is 16.3. The Bertz CT molecular complexity index is 261. The van der Waals surface area contributed by atoms with Gasteiger partial charge in [0.2, 0.25) is 0 Å². The topological polar surface area (TPSA) is 49.7 Å². The Morgan fingerprint density at radius 1 is 1.64 bits per heavy atom. The number of nitrogens with zero attached hydrogens (tertiary/aromatic N) is 1.